The molecule has 0 aliphatic heterocycles. The van der Waals surface area contributed by atoms with Crippen LogP contribution in [0.15, 0.2) is 35.1 Å². The third-order valence-electron chi connectivity index (χ3n) is 1.74. The van der Waals surface area contributed by atoms with E-state index in [-0.39, 0.29) is 0 Å². The van der Waals surface area contributed by atoms with Crippen molar-refractivity contribution in [3.05, 3.63) is 40.8 Å². The second-order valence-electron chi connectivity index (χ2n) is 2.89. The Morgan fingerprint density at radius 1 is 1.14 bits per heavy atom. The Morgan fingerprint density at radius 3 is 2.50 bits per heavy atom. The molecule has 70 valence electrons. The second-order valence-corrected chi connectivity index (χ2v) is 3.80. The standard InChI is InChI=1S/C10H8BrN3/c1-7-3-2-4-9(14-7)10-12-5-8(11)6-13-10/h2-6H,1H3. The number of aryl methyl sites for hydroxylation is 1. The van der Waals surface area contributed by atoms with Crippen LogP contribution in [0.2, 0.25) is 0 Å². The van der Waals surface area contributed by atoms with Crippen LogP contribution in [0.4, 0.5) is 0 Å². The van der Waals surface area contributed by atoms with Crippen LogP contribution in [-0.2, 0) is 0 Å². The van der Waals surface area contributed by atoms with Crippen molar-refractivity contribution in [2.75, 3.05) is 0 Å². The molecule has 0 radical (unpaired) electrons. The molecule has 0 saturated carbocycles. The van der Waals surface area contributed by atoms with E-state index in [9.17, 15) is 0 Å². The van der Waals surface area contributed by atoms with Crippen LogP contribution in [0.5, 0.6) is 0 Å². The molecule has 3 nitrogen and oxygen atoms in total. The Morgan fingerprint density at radius 2 is 1.86 bits per heavy atom. The first-order valence-corrected chi connectivity index (χ1v) is 4.96. The first-order chi connectivity index (χ1) is 6.75. The van der Waals surface area contributed by atoms with Gasteiger partial charge in [-0.2, -0.15) is 0 Å². The first-order valence-electron chi connectivity index (χ1n) is 4.17. The molecule has 14 heavy (non-hydrogen) atoms. The summed E-state index contributed by atoms with van der Waals surface area (Å²) in [5.41, 5.74) is 1.77. The minimum atomic E-state index is 0.650. The van der Waals surface area contributed by atoms with Gasteiger partial charge in [0.1, 0.15) is 5.69 Å². The van der Waals surface area contributed by atoms with Crippen LogP contribution in [0, 0.1) is 6.92 Å². The smallest absolute Gasteiger partial charge is 0.178 e. The maximum absolute atomic E-state index is 4.33. The molecule has 0 aliphatic carbocycles. The van der Waals surface area contributed by atoms with Crippen molar-refractivity contribution in [1.82, 2.24) is 15.0 Å². The van der Waals surface area contributed by atoms with E-state index in [4.69, 9.17) is 0 Å². The fraction of sp³-hybridized carbons (Fsp3) is 0.100. The SMILES string of the molecule is Cc1cccc(-c2ncc(Br)cn2)n1. The molecule has 0 unspecified atom stereocenters. The lowest BCUT2D eigenvalue weighted by atomic mass is 10.3. The molecule has 0 spiro atoms. The predicted molar refractivity (Wildman–Crippen MR) is 57.7 cm³/mol. The summed E-state index contributed by atoms with van der Waals surface area (Å²) < 4.78 is 0.869. The third-order valence-corrected chi connectivity index (χ3v) is 2.15. The van der Waals surface area contributed by atoms with Gasteiger partial charge in [0.15, 0.2) is 5.82 Å². The zero-order valence-corrected chi connectivity index (χ0v) is 9.19. The van der Waals surface area contributed by atoms with Gasteiger partial charge in [0.05, 0.1) is 4.47 Å². The largest absolute Gasteiger partial charge is 0.250 e. The Balaban J connectivity index is 2.44. The van der Waals surface area contributed by atoms with Crippen molar-refractivity contribution in [3.8, 4) is 11.5 Å². The molecule has 2 aromatic rings. The Kier molecular flexibility index (Phi) is 2.54. The highest BCUT2D eigenvalue weighted by atomic mass is 79.9. The summed E-state index contributed by atoms with van der Waals surface area (Å²) in [7, 11) is 0. The van der Waals surface area contributed by atoms with Gasteiger partial charge in [0.2, 0.25) is 0 Å². The number of halogens is 1. The highest BCUT2D eigenvalue weighted by Crippen LogP contribution is 2.13. The normalized spacial score (nSPS) is 10.1. The lowest BCUT2D eigenvalue weighted by Crippen LogP contribution is -1.91. The van der Waals surface area contributed by atoms with E-state index >= 15 is 0 Å². The van der Waals surface area contributed by atoms with Crippen LogP contribution < -0.4 is 0 Å². The molecule has 0 atom stereocenters. The van der Waals surface area contributed by atoms with Crippen molar-refractivity contribution in [3.63, 3.8) is 0 Å². The van der Waals surface area contributed by atoms with Crippen LogP contribution in [-0.4, -0.2) is 15.0 Å². The van der Waals surface area contributed by atoms with Crippen molar-refractivity contribution >= 4 is 15.9 Å². The summed E-state index contributed by atoms with van der Waals surface area (Å²) in [5, 5.41) is 0. The molecular formula is C10H8BrN3. The molecule has 0 aliphatic rings. The third kappa shape index (κ3) is 1.96. The summed E-state index contributed by atoms with van der Waals surface area (Å²) >= 11 is 3.29. The molecule has 0 aromatic carbocycles. The maximum Gasteiger partial charge on any atom is 0.178 e. The van der Waals surface area contributed by atoms with E-state index in [1.807, 2.05) is 25.1 Å². The summed E-state index contributed by atoms with van der Waals surface area (Å²) in [5.74, 6) is 0.650. The lowest BCUT2D eigenvalue weighted by molar-refractivity contribution is 1.11. The Labute approximate surface area is 90.4 Å². The molecule has 0 saturated heterocycles. The van der Waals surface area contributed by atoms with Gasteiger partial charge in [0.25, 0.3) is 0 Å². The van der Waals surface area contributed by atoms with Gasteiger partial charge in [-0.25, -0.2) is 15.0 Å². The summed E-state index contributed by atoms with van der Waals surface area (Å²) in [6, 6.07) is 5.79. The molecule has 4 heteroatoms. The van der Waals surface area contributed by atoms with E-state index in [0.29, 0.717) is 5.82 Å². The molecule has 0 N–H and O–H groups in total. The number of pyridine rings is 1. The average Bonchev–Trinajstić information content (AvgIpc) is 2.19. The molecule has 2 rings (SSSR count). The van der Waals surface area contributed by atoms with E-state index in [0.717, 1.165) is 15.9 Å². The molecule has 2 heterocycles. The van der Waals surface area contributed by atoms with Gasteiger partial charge >= 0.3 is 0 Å². The van der Waals surface area contributed by atoms with Crippen molar-refractivity contribution in [1.29, 1.82) is 0 Å². The highest BCUT2D eigenvalue weighted by molar-refractivity contribution is 9.10. The monoisotopic (exact) mass is 249 g/mol. The van der Waals surface area contributed by atoms with Crippen molar-refractivity contribution in [2.24, 2.45) is 0 Å². The molecule has 2 aromatic heterocycles. The molecule has 0 fully saturated rings. The number of aromatic nitrogens is 3. The Hall–Kier alpha value is -1.29. The molecule has 0 bridgehead atoms. The number of hydrogen-bond donors (Lipinski definition) is 0. The molecular weight excluding hydrogens is 242 g/mol. The van der Waals surface area contributed by atoms with Crippen LogP contribution in [0.3, 0.4) is 0 Å². The number of nitrogens with zero attached hydrogens (tertiary/aromatic N) is 3. The quantitative estimate of drug-likeness (QED) is 0.780. The van der Waals surface area contributed by atoms with Gasteiger partial charge in [0, 0.05) is 18.1 Å². The van der Waals surface area contributed by atoms with E-state index < -0.39 is 0 Å². The average molecular weight is 250 g/mol. The van der Waals surface area contributed by atoms with E-state index in [1.165, 1.54) is 0 Å². The van der Waals surface area contributed by atoms with E-state index in [1.54, 1.807) is 12.4 Å². The second kappa shape index (κ2) is 3.84. The highest BCUT2D eigenvalue weighted by Gasteiger charge is 2.01. The summed E-state index contributed by atoms with van der Waals surface area (Å²) in [6.45, 7) is 1.95. The van der Waals surface area contributed by atoms with Crippen LogP contribution in [0.1, 0.15) is 5.69 Å². The van der Waals surface area contributed by atoms with Crippen LogP contribution in [0.25, 0.3) is 11.5 Å². The minimum absolute atomic E-state index is 0.650. The number of rotatable bonds is 1. The fourth-order valence-electron chi connectivity index (χ4n) is 1.11. The van der Waals surface area contributed by atoms with Gasteiger partial charge in [-0.15, -0.1) is 0 Å². The zero-order chi connectivity index (χ0) is 9.97. The topological polar surface area (TPSA) is 38.7 Å². The minimum Gasteiger partial charge on any atom is -0.250 e. The van der Waals surface area contributed by atoms with Crippen LogP contribution >= 0.6 is 15.9 Å². The lowest BCUT2D eigenvalue weighted by Gasteiger charge is -1.99. The maximum atomic E-state index is 4.33. The van der Waals surface area contributed by atoms with Gasteiger partial charge < -0.3 is 0 Å². The molecule has 0 amide bonds. The van der Waals surface area contributed by atoms with Gasteiger partial charge in [-0.3, -0.25) is 0 Å². The zero-order valence-electron chi connectivity index (χ0n) is 7.61. The summed E-state index contributed by atoms with van der Waals surface area (Å²) in [6.07, 6.45) is 3.43. The predicted octanol–water partition coefficient (Wildman–Crippen LogP) is 2.61. The first kappa shape index (κ1) is 9.27. The number of hydrogen-bond acceptors (Lipinski definition) is 3. The summed E-state index contributed by atoms with van der Waals surface area (Å²) in [4.78, 5) is 12.7. The van der Waals surface area contributed by atoms with Gasteiger partial charge in [-0.05, 0) is 35.0 Å². The van der Waals surface area contributed by atoms with Crippen molar-refractivity contribution in [2.45, 2.75) is 6.92 Å². The van der Waals surface area contributed by atoms with Crippen molar-refractivity contribution < 1.29 is 0 Å². The Bertz CT molecular complexity index is 439. The fourth-order valence-corrected chi connectivity index (χ4v) is 1.32. The van der Waals surface area contributed by atoms with Gasteiger partial charge in [-0.1, -0.05) is 6.07 Å². The van der Waals surface area contributed by atoms with E-state index in [2.05, 4.69) is 30.9 Å².